The van der Waals surface area contributed by atoms with Crippen molar-refractivity contribution < 1.29 is 0 Å². The van der Waals surface area contributed by atoms with Gasteiger partial charge < -0.3 is 4.90 Å². The van der Waals surface area contributed by atoms with Crippen LogP contribution >= 0.6 is 0 Å². The minimum absolute atomic E-state index is 0. The Morgan fingerprint density at radius 1 is 0.600 bits per heavy atom. The van der Waals surface area contributed by atoms with Gasteiger partial charge in [-0.15, -0.1) is 0 Å². The van der Waals surface area contributed by atoms with Gasteiger partial charge in [-0.3, -0.25) is 4.90 Å². The zero-order valence-corrected chi connectivity index (χ0v) is 23.4. The summed E-state index contributed by atoms with van der Waals surface area (Å²) in [5.74, 6) is 0. The summed E-state index contributed by atoms with van der Waals surface area (Å²) < 4.78 is 0. The number of piperazine rings is 1. The molecule has 0 saturated carbocycles. The van der Waals surface area contributed by atoms with Crippen LogP contribution in [0.4, 0.5) is 0 Å². The maximum Gasteiger partial charge on any atom is 0.0814 e. The van der Waals surface area contributed by atoms with Gasteiger partial charge in [-0.25, -0.2) is 0 Å². The Bertz CT molecular complexity index is 1510. The molecule has 4 aromatic carbocycles. The van der Waals surface area contributed by atoms with E-state index in [9.17, 15) is 0 Å². The normalized spacial score (nSPS) is 18.0. The molecular formula is C37H41BN2. The van der Waals surface area contributed by atoms with Crippen molar-refractivity contribution in [1.82, 2.24) is 9.80 Å². The first-order valence-electron chi connectivity index (χ1n) is 14.2. The van der Waals surface area contributed by atoms with Gasteiger partial charge in [0.1, 0.15) is 0 Å². The Kier molecular flexibility index (Phi) is 8.54. The molecule has 0 spiro atoms. The number of hydrogen-bond acceptors (Lipinski definition) is 2. The van der Waals surface area contributed by atoms with E-state index in [4.69, 9.17) is 0 Å². The second kappa shape index (κ2) is 12.2. The number of rotatable bonds is 3. The molecule has 202 valence electrons. The molecule has 1 heterocycles. The summed E-state index contributed by atoms with van der Waals surface area (Å²) in [5, 5.41) is 0. The van der Waals surface area contributed by atoms with E-state index in [1.807, 2.05) is 0 Å². The monoisotopic (exact) mass is 524 g/mol. The van der Waals surface area contributed by atoms with Crippen LogP contribution in [0.3, 0.4) is 0 Å². The number of benzene rings is 4. The van der Waals surface area contributed by atoms with E-state index in [2.05, 4.69) is 140 Å². The largest absolute Gasteiger partial charge is 0.304 e. The lowest BCUT2D eigenvalue weighted by atomic mass is 9.95. The van der Waals surface area contributed by atoms with Crippen LogP contribution in [0.25, 0.3) is 34.4 Å². The van der Waals surface area contributed by atoms with Gasteiger partial charge in [-0.1, -0.05) is 120 Å². The van der Waals surface area contributed by atoms with E-state index in [1.165, 1.54) is 55.7 Å². The lowest BCUT2D eigenvalue weighted by Crippen LogP contribution is -2.45. The number of fused-ring (bicyclic) bond motifs is 2. The van der Waals surface area contributed by atoms with Crippen LogP contribution in [-0.2, 0) is 6.42 Å². The maximum absolute atomic E-state index is 2.65. The summed E-state index contributed by atoms with van der Waals surface area (Å²) in [6.07, 6.45) is 5.83. The highest BCUT2D eigenvalue weighted by Crippen LogP contribution is 2.43. The Morgan fingerprint density at radius 2 is 1.18 bits per heavy atom. The third kappa shape index (κ3) is 5.63. The van der Waals surface area contributed by atoms with E-state index in [-0.39, 0.29) is 8.41 Å². The molecular weight excluding hydrogens is 483 g/mol. The summed E-state index contributed by atoms with van der Waals surface area (Å²) in [5.41, 5.74) is 14.0. The van der Waals surface area contributed by atoms with Crippen molar-refractivity contribution in [3.63, 3.8) is 0 Å². The van der Waals surface area contributed by atoms with Gasteiger partial charge in [0.05, 0.1) is 14.5 Å². The molecule has 0 aromatic heterocycles. The van der Waals surface area contributed by atoms with Crippen LogP contribution in [0, 0.1) is 0 Å². The lowest BCUT2D eigenvalue weighted by Gasteiger charge is -2.37. The van der Waals surface area contributed by atoms with Crippen molar-refractivity contribution in [3.05, 3.63) is 130 Å². The summed E-state index contributed by atoms with van der Waals surface area (Å²) in [6, 6.07) is 35.2. The summed E-state index contributed by atoms with van der Waals surface area (Å²) in [7, 11) is 2.22. The number of likely N-dealkylation sites (N-methyl/N-ethyl adjacent to an activating group) is 1. The topological polar surface area (TPSA) is 6.48 Å². The van der Waals surface area contributed by atoms with Crippen LogP contribution in [-0.4, -0.2) is 51.4 Å². The molecule has 1 fully saturated rings. The molecule has 1 atom stereocenters. The Labute approximate surface area is 242 Å². The van der Waals surface area contributed by atoms with Gasteiger partial charge in [-0.05, 0) is 71.8 Å². The van der Waals surface area contributed by atoms with Crippen LogP contribution in [0.2, 0.25) is 0 Å². The summed E-state index contributed by atoms with van der Waals surface area (Å²) in [4.78, 5) is 5.07. The van der Waals surface area contributed by atoms with Crippen LogP contribution in [0.15, 0.2) is 108 Å². The van der Waals surface area contributed by atoms with Crippen molar-refractivity contribution >= 4 is 20.6 Å². The minimum Gasteiger partial charge on any atom is -0.304 e. The molecule has 0 bridgehead atoms. The predicted molar refractivity (Wildman–Crippen MR) is 177 cm³/mol. The molecule has 2 nitrogen and oxygen atoms in total. The third-order valence-electron chi connectivity index (χ3n) is 8.37. The molecule has 0 N–H and O–H groups in total. The van der Waals surface area contributed by atoms with Crippen molar-refractivity contribution in [2.75, 3.05) is 33.2 Å². The highest BCUT2D eigenvalue weighted by Gasteiger charge is 2.31. The van der Waals surface area contributed by atoms with Crippen molar-refractivity contribution in [3.8, 4) is 22.3 Å². The van der Waals surface area contributed by atoms with Crippen molar-refractivity contribution in [2.24, 2.45) is 0 Å². The van der Waals surface area contributed by atoms with E-state index in [1.54, 1.807) is 0 Å². The second-order valence-corrected chi connectivity index (χ2v) is 11.2. The quantitative estimate of drug-likeness (QED) is 0.262. The fourth-order valence-electron chi connectivity index (χ4n) is 6.37. The highest BCUT2D eigenvalue weighted by molar-refractivity contribution is 5.82. The molecule has 1 saturated heterocycles. The Balaban J connectivity index is 0.000000167. The number of nitrogens with zero attached hydrogens (tertiary/aromatic N) is 2. The second-order valence-electron chi connectivity index (χ2n) is 11.2. The fourth-order valence-corrected chi connectivity index (χ4v) is 6.37. The van der Waals surface area contributed by atoms with E-state index >= 15 is 0 Å². The maximum atomic E-state index is 2.65. The van der Waals surface area contributed by atoms with Gasteiger partial charge in [0.25, 0.3) is 0 Å². The summed E-state index contributed by atoms with van der Waals surface area (Å²) in [6.45, 7) is 9.13. The minimum atomic E-state index is 0. The predicted octanol–water partition coefficient (Wildman–Crippen LogP) is 7.19. The Morgan fingerprint density at radius 3 is 1.80 bits per heavy atom. The molecule has 7 rings (SSSR count). The molecule has 3 heteroatoms. The van der Waals surface area contributed by atoms with Gasteiger partial charge in [0, 0.05) is 26.2 Å². The number of hydrogen-bond donors (Lipinski definition) is 0. The first kappa shape index (κ1) is 27.9. The highest BCUT2D eigenvalue weighted by atomic mass is 15.3. The third-order valence-corrected chi connectivity index (χ3v) is 8.37. The SMILES string of the molecule is B.CC1=Cc2c(-c3ccccc3)cccc2C1N1CCN(C)CC1.CC1=Cc2c(cccc2-c2ccccc2)C1. The number of allylic oxidation sites excluding steroid dienone is 1. The molecule has 3 aliphatic rings. The van der Waals surface area contributed by atoms with E-state index < -0.39 is 0 Å². The first-order valence-corrected chi connectivity index (χ1v) is 14.2. The fraction of sp³-hybridized carbons (Fsp3) is 0.243. The molecule has 2 aliphatic carbocycles. The van der Waals surface area contributed by atoms with E-state index in [0.717, 1.165) is 32.6 Å². The first-order chi connectivity index (χ1) is 19.1. The zero-order chi connectivity index (χ0) is 26.8. The van der Waals surface area contributed by atoms with Crippen LogP contribution < -0.4 is 0 Å². The molecule has 40 heavy (non-hydrogen) atoms. The van der Waals surface area contributed by atoms with Crippen LogP contribution in [0.5, 0.6) is 0 Å². The van der Waals surface area contributed by atoms with Gasteiger partial charge in [0.15, 0.2) is 0 Å². The smallest absolute Gasteiger partial charge is 0.0814 e. The average Bonchev–Trinajstić information content (AvgIpc) is 3.53. The standard InChI is InChI=1S/C21H24N2.C16H14.BH3/c1-16-15-20-18(17-7-4-3-5-8-17)9-6-10-19(20)21(16)23-13-11-22(2)12-14-23;1-12-10-14-8-5-9-15(16(14)11-12)13-6-3-2-4-7-13;/h3-10,15,21H,11-14H2,1-2H3;2-9,11H,10H2,1H3;1H3. The molecule has 1 unspecified atom stereocenters. The van der Waals surface area contributed by atoms with Crippen LogP contribution in [0.1, 0.15) is 42.1 Å². The molecule has 4 aromatic rings. The van der Waals surface area contributed by atoms with E-state index in [0.29, 0.717) is 6.04 Å². The average molecular weight is 525 g/mol. The zero-order valence-electron chi connectivity index (χ0n) is 23.4. The van der Waals surface area contributed by atoms with Crippen molar-refractivity contribution in [2.45, 2.75) is 26.3 Å². The Hall–Kier alpha value is -3.66. The van der Waals surface area contributed by atoms with Gasteiger partial charge >= 0.3 is 0 Å². The molecule has 0 radical (unpaired) electrons. The lowest BCUT2D eigenvalue weighted by molar-refractivity contribution is 0.127. The summed E-state index contributed by atoms with van der Waals surface area (Å²) >= 11 is 0. The van der Waals surface area contributed by atoms with Gasteiger partial charge in [-0.2, -0.15) is 0 Å². The molecule has 1 aliphatic heterocycles. The van der Waals surface area contributed by atoms with Crippen molar-refractivity contribution in [1.29, 1.82) is 0 Å². The molecule has 0 amide bonds. The van der Waals surface area contributed by atoms with Gasteiger partial charge in [0.2, 0.25) is 0 Å².